The van der Waals surface area contributed by atoms with Gasteiger partial charge < -0.3 is 14.9 Å². The molecule has 0 aliphatic carbocycles. The fourth-order valence-corrected chi connectivity index (χ4v) is 3.87. The molecule has 0 spiro atoms. The average molecular weight is 365 g/mol. The van der Waals surface area contributed by atoms with E-state index in [1.54, 1.807) is 19.2 Å². The summed E-state index contributed by atoms with van der Waals surface area (Å²) in [4.78, 5) is 42.7. The number of anilines is 1. The molecule has 0 saturated carbocycles. The van der Waals surface area contributed by atoms with Crippen molar-refractivity contribution in [3.63, 3.8) is 0 Å². The largest absolute Gasteiger partial charge is 0.508 e. The molecule has 2 aliphatic heterocycles. The molecule has 2 aromatic rings. The van der Waals surface area contributed by atoms with Crippen molar-refractivity contribution in [1.82, 2.24) is 9.80 Å². The Bertz CT molecular complexity index is 958. The minimum Gasteiger partial charge on any atom is -0.508 e. The van der Waals surface area contributed by atoms with Crippen molar-refractivity contribution in [2.45, 2.75) is 18.5 Å². The second kappa shape index (κ2) is 6.12. The van der Waals surface area contributed by atoms with Crippen molar-refractivity contribution in [2.75, 3.05) is 19.0 Å². The molecule has 7 heteroatoms. The van der Waals surface area contributed by atoms with Crippen molar-refractivity contribution in [1.29, 1.82) is 0 Å². The van der Waals surface area contributed by atoms with Gasteiger partial charge in [0.1, 0.15) is 17.8 Å². The summed E-state index contributed by atoms with van der Waals surface area (Å²) in [5, 5.41) is 9.72. The van der Waals surface area contributed by atoms with Gasteiger partial charge in [-0.2, -0.15) is 0 Å². The summed E-state index contributed by atoms with van der Waals surface area (Å²) in [6, 6.07) is 11.5. The van der Waals surface area contributed by atoms with Crippen LogP contribution in [0.3, 0.4) is 0 Å². The number of urea groups is 1. The summed E-state index contributed by atoms with van der Waals surface area (Å²) >= 11 is 0. The van der Waals surface area contributed by atoms with Gasteiger partial charge in [0, 0.05) is 26.2 Å². The van der Waals surface area contributed by atoms with Gasteiger partial charge in [0.25, 0.3) is 5.91 Å². The smallest absolute Gasteiger partial charge is 0.328 e. The maximum absolute atomic E-state index is 13.1. The number of para-hydroxylation sites is 1. The van der Waals surface area contributed by atoms with Crippen molar-refractivity contribution >= 4 is 23.5 Å². The molecule has 7 nitrogen and oxygen atoms in total. The van der Waals surface area contributed by atoms with Crippen LogP contribution in [-0.4, -0.2) is 52.9 Å². The maximum Gasteiger partial charge on any atom is 0.328 e. The molecule has 2 heterocycles. The first-order chi connectivity index (χ1) is 12.9. The van der Waals surface area contributed by atoms with E-state index in [1.165, 1.54) is 29.0 Å². The Morgan fingerprint density at radius 3 is 2.44 bits per heavy atom. The third kappa shape index (κ3) is 2.54. The number of fused-ring (bicyclic) bond motifs is 1. The number of carbonyl (C=O) groups excluding carboxylic acids is 3. The highest BCUT2D eigenvalue weighted by Crippen LogP contribution is 2.36. The standard InChI is InChI=1S/C20H19N3O4/c1-21-15-9-4-3-6-12(15)11-16(18(21)25)23-19(26)17(22(2)20(23)27)13-7-5-8-14(24)10-13/h3-10,16-17,24H,11H2,1-2H3. The van der Waals surface area contributed by atoms with Gasteiger partial charge in [-0.25, -0.2) is 9.69 Å². The molecule has 0 bridgehead atoms. The predicted octanol–water partition coefficient (Wildman–Crippen LogP) is 1.92. The van der Waals surface area contributed by atoms with E-state index in [0.29, 0.717) is 5.56 Å². The minimum absolute atomic E-state index is 0.0157. The molecule has 2 aromatic carbocycles. The van der Waals surface area contributed by atoms with Crippen molar-refractivity contribution in [3.8, 4) is 5.75 Å². The number of carbonyl (C=O) groups is 3. The lowest BCUT2D eigenvalue weighted by Crippen LogP contribution is -2.54. The highest BCUT2D eigenvalue weighted by Gasteiger charge is 2.50. The lowest BCUT2D eigenvalue weighted by molar-refractivity contribution is -0.135. The van der Waals surface area contributed by atoms with E-state index in [-0.39, 0.29) is 18.1 Å². The summed E-state index contributed by atoms with van der Waals surface area (Å²) in [5.41, 5.74) is 2.21. The molecule has 4 amide bonds. The van der Waals surface area contributed by atoms with Gasteiger partial charge in [0.05, 0.1) is 0 Å². The van der Waals surface area contributed by atoms with Crippen molar-refractivity contribution < 1.29 is 19.5 Å². The highest BCUT2D eigenvalue weighted by atomic mass is 16.3. The van der Waals surface area contributed by atoms with Gasteiger partial charge in [-0.1, -0.05) is 30.3 Å². The molecule has 2 unspecified atom stereocenters. The lowest BCUT2D eigenvalue weighted by Gasteiger charge is -2.34. The van der Waals surface area contributed by atoms with Gasteiger partial charge in [0.2, 0.25) is 5.91 Å². The van der Waals surface area contributed by atoms with E-state index >= 15 is 0 Å². The zero-order valence-electron chi connectivity index (χ0n) is 15.0. The van der Waals surface area contributed by atoms with E-state index in [1.807, 2.05) is 24.3 Å². The van der Waals surface area contributed by atoms with Crippen LogP contribution in [0, 0.1) is 0 Å². The molecular weight excluding hydrogens is 346 g/mol. The number of aromatic hydroxyl groups is 1. The Hall–Kier alpha value is -3.35. The van der Waals surface area contributed by atoms with Crippen LogP contribution in [0.2, 0.25) is 0 Å². The monoisotopic (exact) mass is 365 g/mol. The fourth-order valence-electron chi connectivity index (χ4n) is 3.87. The Kier molecular flexibility index (Phi) is 3.87. The van der Waals surface area contributed by atoms with E-state index in [4.69, 9.17) is 0 Å². The summed E-state index contributed by atoms with van der Waals surface area (Å²) < 4.78 is 0. The molecule has 27 heavy (non-hydrogen) atoms. The second-order valence-corrected chi connectivity index (χ2v) is 6.85. The lowest BCUT2D eigenvalue weighted by atomic mass is 9.96. The van der Waals surface area contributed by atoms with E-state index in [9.17, 15) is 19.5 Å². The number of rotatable bonds is 2. The first-order valence-electron chi connectivity index (χ1n) is 8.64. The molecular formula is C20H19N3O4. The van der Waals surface area contributed by atoms with Crippen molar-refractivity contribution in [2.24, 2.45) is 0 Å². The number of hydrogen-bond donors (Lipinski definition) is 1. The number of hydrogen-bond acceptors (Lipinski definition) is 4. The number of nitrogens with zero attached hydrogens (tertiary/aromatic N) is 3. The second-order valence-electron chi connectivity index (χ2n) is 6.85. The van der Waals surface area contributed by atoms with E-state index < -0.39 is 24.0 Å². The molecule has 138 valence electrons. The third-order valence-corrected chi connectivity index (χ3v) is 5.25. The molecule has 2 aliphatic rings. The van der Waals surface area contributed by atoms with E-state index in [0.717, 1.165) is 16.2 Å². The van der Waals surface area contributed by atoms with Crippen LogP contribution >= 0.6 is 0 Å². The number of benzene rings is 2. The fraction of sp³-hybridized carbons (Fsp3) is 0.250. The van der Waals surface area contributed by atoms with Crippen LogP contribution in [0.4, 0.5) is 10.5 Å². The Labute approximate surface area is 156 Å². The minimum atomic E-state index is -0.880. The molecule has 0 radical (unpaired) electrons. The van der Waals surface area contributed by atoms with Crippen LogP contribution in [0.5, 0.6) is 5.75 Å². The first-order valence-corrected chi connectivity index (χ1v) is 8.64. The Morgan fingerprint density at radius 2 is 1.70 bits per heavy atom. The van der Waals surface area contributed by atoms with Gasteiger partial charge in [-0.05, 0) is 29.3 Å². The molecule has 0 aromatic heterocycles. The van der Waals surface area contributed by atoms with Gasteiger partial charge in [-0.3, -0.25) is 9.59 Å². The van der Waals surface area contributed by atoms with Crippen LogP contribution in [0.1, 0.15) is 17.2 Å². The molecule has 2 atom stereocenters. The quantitative estimate of drug-likeness (QED) is 0.825. The molecule has 1 N–H and O–H groups in total. The predicted molar refractivity (Wildman–Crippen MR) is 98.2 cm³/mol. The summed E-state index contributed by atoms with van der Waals surface area (Å²) in [6.45, 7) is 0. The molecule has 1 fully saturated rings. The SMILES string of the molecule is CN1C(=O)C(N2C(=O)C(c3cccc(O)c3)N(C)C2=O)Cc2ccccc21. The maximum atomic E-state index is 13.1. The number of imide groups is 1. The van der Waals surface area contributed by atoms with E-state index in [2.05, 4.69) is 0 Å². The normalized spacial score (nSPS) is 22.4. The third-order valence-electron chi connectivity index (χ3n) is 5.25. The van der Waals surface area contributed by atoms with Crippen LogP contribution in [-0.2, 0) is 16.0 Å². The van der Waals surface area contributed by atoms with Gasteiger partial charge in [-0.15, -0.1) is 0 Å². The zero-order chi connectivity index (χ0) is 19.3. The number of likely N-dealkylation sites (N-methyl/N-ethyl adjacent to an activating group) is 2. The Balaban J connectivity index is 1.71. The Morgan fingerprint density at radius 1 is 0.963 bits per heavy atom. The summed E-state index contributed by atoms with van der Waals surface area (Å²) in [6.07, 6.45) is 0.289. The zero-order valence-corrected chi connectivity index (χ0v) is 15.0. The van der Waals surface area contributed by atoms with Crippen molar-refractivity contribution in [3.05, 3.63) is 59.7 Å². The summed E-state index contributed by atoms with van der Waals surface area (Å²) in [7, 11) is 3.18. The first kappa shape index (κ1) is 17.1. The van der Waals surface area contributed by atoms with Gasteiger partial charge in [0.15, 0.2) is 0 Å². The van der Waals surface area contributed by atoms with Crippen LogP contribution in [0.25, 0.3) is 0 Å². The molecule has 1 saturated heterocycles. The van der Waals surface area contributed by atoms with Crippen LogP contribution < -0.4 is 4.90 Å². The topological polar surface area (TPSA) is 81.2 Å². The number of amides is 4. The summed E-state index contributed by atoms with van der Waals surface area (Å²) in [5.74, 6) is -0.735. The number of phenols is 1. The number of phenolic OH excluding ortho intramolecular Hbond substituents is 1. The van der Waals surface area contributed by atoms with Crippen LogP contribution in [0.15, 0.2) is 48.5 Å². The average Bonchev–Trinajstić information content (AvgIpc) is 2.87. The highest BCUT2D eigenvalue weighted by molar-refractivity contribution is 6.10. The van der Waals surface area contributed by atoms with Gasteiger partial charge >= 0.3 is 6.03 Å². The molecule has 4 rings (SSSR count).